The number of benzene rings is 1. The van der Waals surface area contributed by atoms with Gasteiger partial charge in [0.1, 0.15) is 22.8 Å². The molecule has 0 spiro atoms. The first-order valence-corrected chi connectivity index (χ1v) is 14.1. The van der Waals surface area contributed by atoms with Gasteiger partial charge >= 0.3 is 0 Å². The molecule has 1 aliphatic carbocycles. The zero-order valence-electron chi connectivity index (χ0n) is 21.6. The van der Waals surface area contributed by atoms with Crippen molar-refractivity contribution in [3.8, 4) is 0 Å². The first kappa shape index (κ1) is 27.7. The van der Waals surface area contributed by atoms with Crippen molar-refractivity contribution >= 4 is 35.0 Å². The van der Waals surface area contributed by atoms with E-state index in [-0.39, 0.29) is 17.7 Å². The number of carbonyl (C=O) groups excluding carboxylic acids is 4. The van der Waals surface area contributed by atoms with Gasteiger partial charge in [-0.15, -0.1) is 11.3 Å². The molecule has 204 valence electrons. The molecule has 2 aromatic rings. The summed E-state index contributed by atoms with van der Waals surface area (Å²) < 4.78 is 0. The summed E-state index contributed by atoms with van der Waals surface area (Å²) in [5, 5.41) is 13.9. The summed E-state index contributed by atoms with van der Waals surface area (Å²) in [6.07, 6.45) is 4.44. The summed E-state index contributed by atoms with van der Waals surface area (Å²) in [7, 11) is 0. The highest BCUT2D eigenvalue weighted by Gasteiger charge is 2.41. The van der Waals surface area contributed by atoms with E-state index in [0.29, 0.717) is 62.2 Å². The summed E-state index contributed by atoms with van der Waals surface area (Å²) in [5.74, 6) is -1.40. The molecule has 1 fully saturated rings. The number of hydrogen-bond donors (Lipinski definition) is 5. The van der Waals surface area contributed by atoms with Crippen LogP contribution in [-0.2, 0) is 20.8 Å². The summed E-state index contributed by atoms with van der Waals surface area (Å²) in [5.41, 5.74) is 6.54. The van der Waals surface area contributed by atoms with Gasteiger partial charge < -0.3 is 27.0 Å². The Bertz CT molecular complexity index is 1150. The van der Waals surface area contributed by atoms with Crippen LogP contribution >= 0.6 is 11.3 Å². The number of carbonyl (C=O) groups is 4. The van der Waals surface area contributed by atoms with E-state index in [0.717, 1.165) is 12.0 Å². The second kappa shape index (κ2) is 12.5. The van der Waals surface area contributed by atoms with Gasteiger partial charge in [-0.05, 0) is 56.9 Å². The molecular formula is C27H36N6O4S. The van der Waals surface area contributed by atoms with E-state index in [1.807, 2.05) is 37.3 Å². The van der Waals surface area contributed by atoms with Crippen molar-refractivity contribution in [1.29, 1.82) is 0 Å². The lowest BCUT2D eigenvalue weighted by Crippen LogP contribution is -2.62. The Morgan fingerprint density at radius 1 is 1.08 bits per heavy atom. The monoisotopic (exact) mass is 540 g/mol. The van der Waals surface area contributed by atoms with Gasteiger partial charge in [0, 0.05) is 11.9 Å². The van der Waals surface area contributed by atoms with Gasteiger partial charge in [-0.2, -0.15) is 0 Å². The molecule has 11 heteroatoms. The van der Waals surface area contributed by atoms with Crippen molar-refractivity contribution in [3.05, 3.63) is 52.0 Å². The van der Waals surface area contributed by atoms with Crippen LogP contribution < -0.4 is 27.0 Å². The fourth-order valence-corrected chi connectivity index (χ4v) is 5.47. The summed E-state index contributed by atoms with van der Waals surface area (Å²) in [6, 6.07) is 7.58. The van der Waals surface area contributed by atoms with Gasteiger partial charge in [-0.1, -0.05) is 37.3 Å². The fraction of sp³-hybridized carbons (Fsp3) is 0.519. The highest BCUT2D eigenvalue weighted by Crippen LogP contribution is 2.29. The Kier molecular flexibility index (Phi) is 9.11. The average Bonchev–Trinajstić information content (AvgIpc) is 3.39. The molecular weight excluding hydrogens is 504 g/mol. The summed E-state index contributed by atoms with van der Waals surface area (Å²) >= 11 is 1.32. The van der Waals surface area contributed by atoms with Crippen LogP contribution in [0.3, 0.4) is 0 Å². The highest BCUT2D eigenvalue weighted by atomic mass is 32.1. The van der Waals surface area contributed by atoms with Gasteiger partial charge in [-0.25, -0.2) is 4.98 Å². The van der Waals surface area contributed by atoms with Crippen molar-refractivity contribution < 1.29 is 19.2 Å². The third kappa shape index (κ3) is 6.76. The second-order valence-corrected chi connectivity index (χ2v) is 11.0. The zero-order valence-corrected chi connectivity index (χ0v) is 22.4. The zero-order chi connectivity index (χ0) is 27.1. The molecule has 1 aromatic heterocycles. The van der Waals surface area contributed by atoms with Crippen LogP contribution in [0, 0.1) is 0 Å². The third-order valence-corrected chi connectivity index (χ3v) is 8.18. The number of rotatable bonds is 5. The van der Waals surface area contributed by atoms with E-state index in [1.165, 1.54) is 11.3 Å². The van der Waals surface area contributed by atoms with Gasteiger partial charge in [0.25, 0.3) is 5.91 Å². The number of nitrogens with one attached hydrogen (secondary N) is 4. The molecule has 10 nitrogen and oxygen atoms in total. The number of thiazole rings is 1. The molecule has 1 aromatic carbocycles. The highest BCUT2D eigenvalue weighted by molar-refractivity contribution is 7.09. The number of nitrogens with zero attached hydrogens (tertiary/aromatic N) is 1. The van der Waals surface area contributed by atoms with Crippen molar-refractivity contribution in [2.24, 2.45) is 5.73 Å². The molecule has 0 saturated heterocycles. The normalized spacial score (nSPS) is 24.4. The van der Waals surface area contributed by atoms with Crippen LogP contribution in [0.5, 0.6) is 0 Å². The van der Waals surface area contributed by atoms with Crippen LogP contribution in [0.25, 0.3) is 0 Å². The lowest BCUT2D eigenvalue weighted by atomic mass is 9.77. The largest absolute Gasteiger partial charge is 0.351 e. The number of amides is 4. The lowest BCUT2D eigenvalue weighted by Gasteiger charge is -2.37. The minimum atomic E-state index is -0.943. The fourth-order valence-electron chi connectivity index (χ4n) is 4.62. The maximum absolute atomic E-state index is 13.4. The van der Waals surface area contributed by atoms with Gasteiger partial charge in [0.05, 0.1) is 11.6 Å². The minimum Gasteiger partial charge on any atom is -0.351 e. The van der Waals surface area contributed by atoms with Crippen molar-refractivity contribution in [1.82, 2.24) is 26.3 Å². The van der Waals surface area contributed by atoms with Gasteiger partial charge in [-0.3, -0.25) is 19.2 Å². The molecule has 4 rings (SSSR count). The Hall–Kier alpha value is -3.31. The van der Waals surface area contributed by atoms with Crippen LogP contribution in [0.4, 0.5) is 0 Å². The molecule has 2 aliphatic rings. The quantitative estimate of drug-likeness (QED) is 0.389. The molecule has 2 heterocycles. The Morgan fingerprint density at radius 2 is 1.82 bits per heavy atom. The number of aromatic nitrogens is 1. The topological polar surface area (TPSA) is 155 Å². The second-order valence-electron chi connectivity index (χ2n) is 10.1. The van der Waals surface area contributed by atoms with Crippen LogP contribution in [0.2, 0.25) is 0 Å². The van der Waals surface area contributed by atoms with Crippen LogP contribution in [0.15, 0.2) is 35.7 Å². The number of fused-ring (bicyclic) bond motifs is 2. The van der Waals surface area contributed by atoms with E-state index < -0.39 is 29.6 Å². The third-order valence-electron chi connectivity index (χ3n) is 7.22. The van der Waals surface area contributed by atoms with Crippen LogP contribution in [0.1, 0.15) is 79.0 Å². The standard InChI is InChI=1S/C27H36N6O4S/c1-2-18-23(35)31-20(15-17-9-4-3-5-10-17)25-32-21(16-38-25)22(34)29-14-7-6-11-19(24(36)30-18)33-26(37)27(28)12-8-13-27/h3-5,9-10,16,18-20H,2,6-8,11-15,28H2,1H3,(H,29,34)(H,30,36)(H,31,35)(H,33,37)/t18-,19+,20+/m1/s1. The van der Waals surface area contributed by atoms with Crippen molar-refractivity contribution in [2.45, 2.75) is 82.0 Å². The first-order valence-electron chi connectivity index (χ1n) is 13.3. The molecule has 0 unspecified atom stereocenters. The Labute approximate surface area is 226 Å². The molecule has 6 N–H and O–H groups in total. The lowest BCUT2D eigenvalue weighted by molar-refractivity contribution is -0.135. The SMILES string of the molecule is CC[C@H]1NC(=O)[C@@H](NC(=O)C2(N)CCC2)CCCCNC(=O)c2csc(n2)[C@H](Cc2ccccc2)NC1=O. The van der Waals surface area contributed by atoms with E-state index in [2.05, 4.69) is 26.3 Å². The maximum Gasteiger partial charge on any atom is 0.270 e. The first-order chi connectivity index (χ1) is 18.3. The molecule has 0 radical (unpaired) electrons. The average molecular weight is 541 g/mol. The van der Waals surface area contributed by atoms with E-state index >= 15 is 0 Å². The number of hydrogen-bond acceptors (Lipinski definition) is 7. The molecule has 4 amide bonds. The summed E-state index contributed by atoms with van der Waals surface area (Å²) in [6.45, 7) is 2.23. The minimum absolute atomic E-state index is 0.284. The van der Waals surface area contributed by atoms with Crippen LogP contribution in [-0.4, -0.2) is 52.8 Å². The van der Waals surface area contributed by atoms with E-state index in [1.54, 1.807) is 5.38 Å². The molecule has 1 aliphatic heterocycles. The smallest absolute Gasteiger partial charge is 0.270 e. The maximum atomic E-state index is 13.4. The number of nitrogens with two attached hydrogens (primary N) is 1. The van der Waals surface area contributed by atoms with E-state index in [4.69, 9.17) is 5.73 Å². The molecule has 3 atom stereocenters. The Morgan fingerprint density at radius 3 is 2.50 bits per heavy atom. The Balaban J connectivity index is 1.56. The van der Waals surface area contributed by atoms with Gasteiger partial charge in [0.15, 0.2) is 0 Å². The predicted octanol–water partition coefficient (Wildman–Crippen LogP) is 1.72. The molecule has 1 saturated carbocycles. The van der Waals surface area contributed by atoms with Crippen molar-refractivity contribution in [3.63, 3.8) is 0 Å². The summed E-state index contributed by atoms with van der Waals surface area (Å²) in [4.78, 5) is 56.7. The van der Waals surface area contributed by atoms with E-state index in [9.17, 15) is 19.2 Å². The molecule has 38 heavy (non-hydrogen) atoms. The predicted molar refractivity (Wildman–Crippen MR) is 144 cm³/mol. The van der Waals surface area contributed by atoms with Gasteiger partial charge in [0.2, 0.25) is 17.7 Å². The molecule has 2 bridgehead atoms. The van der Waals surface area contributed by atoms with Crippen molar-refractivity contribution in [2.75, 3.05) is 6.54 Å².